The van der Waals surface area contributed by atoms with Crippen molar-refractivity contribution < 1.29 is 9.90 Å². The van der Waals surface area contributed by atoms with E-state index in [2.05, 4.69) is 18.2 Å². The minimum atomic E-state index is -0.773. The highest BCUT2D eigenvalue weighted by Crippen LogP contribution is 2.22. The second-order valence-electron chi connectivity index (χ2n) is 5.00. The number of hydrogen-bond donors (Lipinski definition) is 1. The molecule has 0 spiro atoms. The van der Waals surface area contributed by atoms with Crippen molar-refractivity contribution in [2.45, 2.75) is 26.2 Å². The summed E-state index contributed by atoms with van der Waals surface area (Å²) in [6.45, 7) is 4.07. The Balaban J connectivity index is 2.29. The third-order valence-corrected chi connectivity index (χ3v) is 3.22. The van der Waals surface area contributed by atoms with Crippen LogP contribution in [0.5, 0.6) is 0 Å². The molecule has 98 valence electrons. The number of rotatable bonds is 4. The lowest BCUT2D eigenvalue weighted by molar-refractivity contribution is -0.138. The smallest absolute Gasteiger partial charge is 0.311 e. The average Bonchev–Trinajstić information content (AvgIpc) is 2.35. The van der Waals surface area contributed by atoms with Crippen molar-refractivity contribution in [3.63, 3.8) is 0 Å². The molecule has 2 nitrogen and oxygen atoms in total. The Bertz CT molecular complexity index is 553. The number of hydrogen-bond acceptors (Lipinski definition) is 1. The summed E-state index contributed by atoms with van der Waals surface area (Å²) >= 11 is 0. The second-order valence-corrected chi connectivity index (χ2v) is 5.00. The normalized spacial score (nSPS) is 12.1. The number of carbonyl (C=O) groups is 1. The minimum Gasteiger partial charge on any atom is -0.481 e. The zero-order valence-electron chi connectivity index (χ0n) is 11.3. The largest absolute Gasteiger partial charge is 0.481 e. The Hall–Kier alpha value is -2.09. The SMILES string of the molecule is Cc1cc(C)cc(CC(C(=O)O)c2ccccc2)c1. The van der Waals surface area contributed by atoms with Crippen LogP contribution in [-0.2, 0) is 11.2 Å². The van der Waals surface area contributed by atoms with Crippen molar-refractivity contribution in [3.05, 3.63) is 70.8 Å². The molecule has 0 fully saturated rings. The molecule has 1 atom stereocenters. The van der Waals surface area contributed by atoms with Crippen molar-refractivity contribution in [1.29, 1.82) is 0 Å². The van der Waals surface area contributed by atoms with Crippen molar-refractivity contribution >= 4 is 5.97 Å². The van der Waals surface area contributed by atoms with E-state index in [1.54, 1.807) is 0 Å². The standard InChI is InChI=1S/C17H18O2/c1-12-8-13(2)10-14(9-12)11-16(17(18)19)15-6-4-3-5-7-15/h3-10,16H,11H2,1-2H3,(H,18,19). The van der Waals surface area contributed by atoms with E-state index in [4.69, 9.17) is 0 Å². The molecule has 0 aliphatic rings. The molecule has 2 aromatic carbocycles. The molecular formula is C17H18O2. The molecule has 0 bridgehead atoms. The first kappa shape index (κ1) is 13.3. The van der Waals surface area contributed by atoms with Gasteiger partial charge in [0.25, 0.3) is 0 Å². The Labute approximate surface area is 113 Å². The van der Waals surface area contributed by atoms with E-state index < -0.39 is 11.9 Å². The fourth-order valence-electron chi connectivity index (χ4n) is 2.46. The first-order valence-electron chi connectivity index (χ1n) is 6.41. The van der Waals surface area contributed by atoms with Gasteiger partial charge in [0.05, 0.1) is 5.92 Å². The van der Waals surface area contributed by atoms with Crippen molar-refractivity contribution in [3.8, 4) is 0 Å². The van der Waals surface area contributed by atoms with Crippen molar-refractivity contribution in [2.75, 3.05) is 0 Å². The molecular weight excluding hydrogens is 236 g/mol. The fraction of sp³-hybridized carbons (Fsp3) is 0.235. The zero-order valence-corrected chi connectivity index (χ0v) is 11.3. The van der Waals surface area contributed by atoms with Crippen LogP contribution in [0.25, 0.3) is 0 Å². The summed E-state index contributed by atoms with van der Waals surface area (Å²) in [6, 6.07) is 15.6. The third-order valence-electron chi connectivity index (χ3n) is 3.22. The van der Waals surface area contributed by atoms with Crippen LogP contribution < -0.4 is 0 Å². The molecule has 0 aliphatic carbocycles. The van der Waals surface area contributed by atoms with Gasteiger partial charge in [0.15, 0.2) is 0 Å². The Morgan fingerprint density at radius 3 is 2.16 bits per heavy atom. The monoisotopic (exact) mass is 254 g/mol. The summed E-state index contributed by atoms with van der Waals surface area (Å²) in [6.07, 6.45) is 0.530. The molecule has 19 heavy (non-hydrogen) atoms. The van der Waals surface area contributed by atoms with Crippen LogP contribution in [0.3, 0.4) is 0 Å². The highest BCUT2D eigenvalue weighted by molar-refractivity contribution is 5.76. The van der Waals surface area contributed by atoms with Gasteiger partial charge in [0.2, 0.25) is 0 Å². The lowest BCUT2D eigenvalue weighted by Gasteiger charge is -2.14. The quantitative estimate of drug-likeness (QED) is 0.903. The number of aliphatic carboxylic acids is 1. The molecule has 1 N–H and O–H groups in total. The van der Waals surface area contributed by atoms with Crippen molar-refractivity contribution in [2.24, 2.45) is 0 Å². The average molecular weight is 254 g/mol. The minimum absolute atomic E-state index is 0.484. The van der Waals surface area contributed by atoms with Gasteiger partial charge in [0, 0.05) is 0 Å². The first-order chi connectivity index (χ1) is 9.06. The predicted molar refractivity (Wildman–Crippen MR) is 76.4 cm³/mol. The number of benzene rings is 2. The highest BCUT2D eigenvalue weighted by Gasteiger charge is 2.20. The van der Waals surface area contributed by atoms with Crippen LogP contribution in [0.4, 0.5) is 0 Å². The molecule has 2 aromatic rings. The molecule has 0 aliphatic heterocycles. The van der Waals surface area contributed by atoms with E-state index in [0.717, 1.165) is 11.1 Å². The Morgan fingerprint density at radius 2 is 1.63 bits per heavy atom. The van der Waals surface area contributed by atoms with Gasteiger partial charge in [-0.05, 0) is 31.4 Å². The number of carboxylic acid groups (broad SMARTS) is 1. The maximum Gasteiger partial charge on any atom is 0.311 e. The van der Waals surface area contributed by atoms with E-state index >= 15 is 0 Å². The molecule has 0 amide bonds. The van der Waals surface area contributed by atoms with Gasteiger partial charge in [-0.3, -0.25) is 4.79 Å². The fourth-order valence-corrected chi connectivity index (χ4v) is 2.46. The van der Waals surface area contributed by atoms with Crippen LogP contribution >= 0.6 is 0 Å². The van der Waals surface area contributed by atoms with Gasteiger partial charge in [-0.15, -0.1) is 0 Å². The number of aryl methyl sites for hydroxylation is 2. The highest BCUT2D eigenvalue weighted by atomic mass is 16.4. The Morgan fingerprint density at radius 1 is 1.05 bits per heavy atom. The van der Waals surface area contributed by atoms with Crippen LogP contribution in [0.2, 0.25) is 0 Å². The van der Waals surface area contributed by atoms with Gasteiger partial charge in [-0.25, -0.2) is 0 Å². The van der Waals surface area contributed by atoms with Gasteiger partial charge in [-0.1, -0.05) is 59.7 Å². The summed E-state index contributed by atoms with van der Waals surface area (Å²) in [5, 5.41) is 9.43. The summed E-state index contributed by atoms with van der Waals surface area (Å²) in [5.41, 5.74) is 4.28. The van der Waals surface area contributed by atoms with Crippen LogP contribution in [-0.4, -0.2) is 11.1 Å². The lowest BCUT2D eigenvalue weighted by atomic mass is 9.91. The summed E-state index contributed by atoms with van der Waals surface area (Å²) in [7, 11) is 0. The second kappa shape index (κ2) is 5.70. The van der Waals surface area contributed by atoms with Gasteiger partial charge < -0.3 is 5.11 Å². The predicted octanol–water partition coefficient (Wildman–Crippen LogP) is 3.71. The topological polar surface area (TPSA) is 37.3 Å². The van der Waals surface area contributed by atoms with E-state index in [1.807, 2.05) is 44.2 Å². The zero-order chi connectivity index (χ0) is 13.8. The molecule has 0 saturated carbocycles. The molecule has 0 saturated heterocycles. The molecule has 1 unspecified atom stereocenters. The van der Waals surface area contributed by atoms with Crippen LogP contribution in [0.15, 0.2) is 48.5 Å². The molecule has 0 aromatic heterocycles. The van der Waals surface area contributed by atoms with Crippen LogP contribution in [0, 0.1) is 13.8 Å². The summed E-state index contributed by atoms with van der Waals surface area (Å²) in [4.78, 5) is 11.5. The molecule has 0 radical (unpaired) electrons. The molecule has 2 heteroatoms. The first-order valence-corrected chi connectivity index (χ1v) is 6.41. The summed E-state index contributed by atoms with van der Waals surface area (Å²) < 4.78 is 0. The van der Waals surface area contributed by atoms with E-state index in [0.29, 0.717) is 6.42 Å². The number of carboxylic acids is 1. The van der Waals surface area contributed by atoms with Gasteiger partial charge in [0.1, 0.15) is 0 Å². The summed E-state index contributed by atoms with van der Waals surface area (Å²) in [5.74, 6) is -1.26. The van der Waals surface area contributed by atoms with Crippen molar-refractivity contribution in [1.82, 2.24) is 0 Å². The molecule has 2 rings (SSSR count). The maximum atomic E-state index is 11.5. The van der Waals surface area contributed by atoms with Crippen LogP contribution in [0.1, 0.15) is 28.2 Å². The van der Waals surface area contributed by atoms with E-state index in [9.17, 15) is 9.90 Å². The Kier molecular flexibility index (Phi) is 4.00. The van der Waals surface area contributed by atoms with E-state index in [1.165, 1.54) is 11.1 Å². The molecule has 0 heterocycles. The maximum absolute atomic E-state index is 11.5. The van der Waals surface area contributed by atoms with Gasteiger partial charge >= 0.3 is 5.97 Å². The van der Waals surface area contributed by atoms with Gasteiger partial charge in [-0.2, -0.15) is 0 Å². The van der Waals surface area contributed by atoms with E-state index in [-0.39, 0.29) is 0 Å². The lowest BCUT2D eigenvalue weighted by Crippen LogP contribution is -2.14. The third kappa shape index (κ3) is 3.44.